The molecule has 1 atom stereocenters. The molecule has 1 N–H and O–H groups in total. The highest BCUT2D eigenvalue weighted by molar-refractivity contribution is 8.00. The lowest BCUT2D eigenvalue weighted by atomic mass is 10.1. The first-order valence-corrected chi connectivity index (χ1v) is 5.67. The second-order valence-corrected chi connectivity index (χ2v) is 4.95. The molecule has 2 aromatic carbocycles. The summed E-state index contributed by atoms with van der Waals surface area (Å²) in [5.74, 6) is 0. The summed E-state index contributed by atoms with van der Waals surface area (Å²) in [5, 5.41) is 6.65. The van der Waals surface area contributed by atoms with Gasteiger partial charge in [-0.15, -0.1) is 0 Å². The minimum Gasteiger partial charge on any atom is -0.372 e. The van der Waals surface area contributed by atoms with Crippen molar-refractivity contribution >= 4 is 28.2 Å². The Labute approximate surface area is 87.5 Å². The van der Waals surface area contributed by atoms with Gasteiger partial charge < -0.3 is 5.32 Å². The van der Waals surface area contributed by atoms with Gasteiger partial charge in [0.2, 0.25) is 0 Å². The molecule has 70 valence electrons. The molecule has 1 heterocycles. The topological polar surface area (TPSA) is 12.0 Å². The number of hydrogen-bond donors (Lipinski definition) is 1. The van der Waals surface area contributed by atoms with Crippen LogP contribution in [-0.4, -0.2) is 5.37 Å². The van der Waals surface area contributed by atoms with Gasteiger partial charge in [0.15, 0.2) is 0 Å². The summed E-state index contributed by atoms with van der Waals surface area (Å²) in [7, 11) is 0. The van der Waals surface area contributed by atoms with Gasteiger partial charge in [0.1, 0.15) is 0 Å². The normalized spacial score (nSPS) is 19.4. The van der Waals surface area contributed by atoms with E-state index in [1.165, 1.54) is 21.4 Å². The van der Waals surface area contributed by atoms with E-state index < -0.39 is 0 Å². The van der Waals surface area contributed by atoms with E-state index in [1.807, 2.05) is 11.8 Å². The van der Waals surface area contributed by atoms with Crippen LogP contribution in [0.5, 0.6) is 0 Å². The number of anilines is 1. The van der Waals surface area contributed by atoms with Crippen molar-refractivity contribution in [2.45, 2.75) is 17.2 Å². The summed E-state index contributed by atoms with van der Waals surface area (Å²) in [5.41, 5.74) is 1.31. The van der Waals surface area contributed by atoms with Gasteiger partial charge in [-0.05, 0) is 18.4 Å². The number of rotatable bonds is 0. The minimum absolute atomic E-state index is 0.496. The smallest absolute Gasteiger partial charge is 0.0741 e. The van der Waals surface area contributed by atoms with E-state index in [0.29, 0.717) is 5.37 Å². The van der Waals surface area contributed by atoms with Crippen LogP contribution in [-0.2, 0) is 0 Å². The number of thioether (sulfide) groups is 1. The first kappa shape index (κ1) is 8.18. The van der Waals surface area contributed by atoms with Crippen molar-refractivity contribution in [1.82, 2.24) is 0 Å². The van der Waals surface area contributed by atoms with Gasteiger partial charge in [0, 0.05) is 10.3 Å². The van der Waals surface area contributed by atoms with E-state index in [-0.39, 0.29) is 0 Å². The zero-order valence-corrected chi connectivity index (χ0v) is 8.77. The number of benzene rings is 2. The van der Waals surface area contributed by atoms with Gasteiger partial charge in [0.25, 0.3) is 0 Å². The summed E-state index contributed by atoms with van der Waals surface area (Å²) in [6, 6.07) is 12.9. The van der Waals surface area contributed by atoms with E-state index in [0.717, 1.165) is 0 Å². The van der Waals surface area contributed by atoms with Gasteiger partial charge in [-0.2, -0.15) is 0 Å². The first-order valence-electron chi connectivity index (χ1n) is 4.79. The number of hydrogen-bond acceptors (Lipinski definition) is 2. The maximum atomic E-state index is 3.50. The Bertz CT molecular complexity index is 493. The minimum atomic E-state index is 0.496. The molecule has 0 aliphatic carbocycles. The van der Waals surface area contributed by atoms with Crippen molar-refractivity contribution in [2.75, 3.05) is 5.32 Å². The lowest BCUT2D eigenvalue weighted by molar-refractivity contribution is 1.15. The quantitative estimate of drug-likeness (QED) is 0.697. The molecule has 1 aliphatic rings. The average Bonchev–Trinajstić information content (AvgIpc) is 2.59. The molecule has 2 aromatic rings. The molecule has 0 amide bonds. The Morgan fingerprint density at radius 1 is 1.14 bits per heavy atom. The van der Waals surface area contributed by atoms with Crippen LogP contribution in [0.3, 0.4) is 0 Å². The van der Waals surface area contributed by atoms with Gasteiger partial charge in [-0.25, -0.2) is 0 Å². The third-order valence-electron chi connectivity index (χ3n) is 2.54. The van der Waals surface area contributed by atoms with Crippen LogP contribution < -0.4 is 5.32 Å². The van der Waals surface area contributed by atoms with Crippen molar-refractivity contribution in [3.05, 3.63) is 36.4 Å². The summed E-state index contributed by atoms with van der Waals surface area (Å²) >= 11 is 1.89. The Morgan fingerprint density at radius 3 is 2.93 bits per heavy atom. The van der Waals surface area contributed by atoms with Crippen LogP contribution in [0.4, 0.5) is 5.69 Å². The van der Waals surface area contributed by atoms with Crippen LogP contribution in [0.1, 0.15) is 6.92 Å². The maximum absolute atomic E-state index is 3.50. The molecule has 0 saturated heterocycles. The van der Waals surface area contributed by atoms with Crippen LogP contribution in [0.2, 0.25) is 0 Å². The van der Waals surface area contributed by atoms with E-state index in [2.05, 4.69) is 48.6 Å². The molecule has 0 spiro atoms. The van der Waals surface area contributed by atoms with Crippen molar-refractivity contribution in [3.8, 4) is 0 Å². The lowest BCUT2D eigenvalue weighted by Crippen LogP contribution is -2.02. The summed E-state index contributed by atoms with van der Waals surface area (Å²) in [4.78, 5) is 1.37. The SMILES string of the molecule is CC1Nc2c(ccc3ccccc23)S1. The summed E-state index contributed by atoms with van der Waals surface area (Å²) in [6.45, 7) is 2.19. The number of fused-ring (bicyclic) bond motifs is 3. The fourth-order valence-electron chi connectivity index (χ4n) is 1.92. The molecule has 1 aliphatic heterocycles. The third-order valence-corrected chi connectivity index (χ3v) is 3.61. The van der Waals surface area contributed by atoms with Crippen LogP contribution in [0.25, 0.3) is 10.8 Å². The molecule has 3 rings (SSSR count). The maximum Gasteiger partial charge on any atom is 0.0741 e. The fraction of sp³-hybridized carbons (Fsp3) is 0.167. The molecular formula is C12H11NS. The molecule has 0 saturated carbocycles. The van der Waals surface area contributed by atoms with Gasteiger partial charge >= 0.3 is 0 Å². The lowest BCUT2D eigenvalue weighted by Gasteiger charge is -2.05. The Balaban J connectivity index is 2.33. The predicted octanol–water partition coefficient (Wildman–Crippen LogP) is 3.70. The predicted molar refractivity (Wildman–Crippen MR) is 62.9 cm³/mol. The highest BCUT2D eigenvalue weighted by Gasteiger charge is 2.18. The van der Waals surface area contributed by atoms with E-state index in [1.54, 1.807) is 0 Å². The molecule has 14 heavy (non-hydrogen) atoms. The summed E-state index contributed by atoms with van der Waals surface area (Å²) in [6.07, 6.45) is 0. The highest BCUT2D eigenvalue weighted by Crippen LogP contribution is 2.42. The third kappa shape index (κ3) is 1.11. The second kappa shape index (κ2) is 2.92. The van der Waals surface area contributed by atoms with E-state index in [4.69, 9.17) is 0 Å². The first-order chi connectivity index (χ1) is 6.84. The molecule has 0 radical (unpaired) electrons. The standard InChI is InChI=1S/C12H11NS/c1-8-13-12-10-5-3-2-4-9(10)6-7-11(12)14-8/h2-8,13H,1H3. The molecule has 0 bridgehead atoms. The van der Waals surface area contributed by atoms with Crippen molar-refractivity contribution < 1.29 is 0 Å². The molecule has 1 nitrogen and oxygen atoms in total. The second-order valence-electron chi connectivity index (χ2n) is 3.56. The average molecular weight is 201 g/mol. The largest absolute Gasteiger partial charge is 0.372 e. The van der Waals surface area contributed by atoms with E-state index >= 15 is 0 Å². The molecule has 0 fully saturated rings. The van der Waals surface area contributed by atoms with Crippen molar-refractivity contribution in [1.29, 1.82) is 0 Å². The van der Waals surface area contributed by atoms with Crippen LogP contribution in [0.15, 0.2) is 41.3 Å². The molecule has 0 aromatic heterocycles. The number of nitrogens with one attached hydrogen (secondary N) is 1. The Morgan fingerprint density at radius 2 is 2.00 bits per heavy atom. The van der Waals surface area contributed by atoms with Gasteiger partial charge in [0.05, 0.1) is 11.1 Å². The van der Waals surface area contributed by atoms with Crippen molar-refractivity contribution in [3.63, 3.8) is 0 Å². The Kier molecular flexibility index (Phi) is 1.71. The Hall–Kier alpha value is -1.15. The highest BCUT2D eigenvalue weighted by atomic mass is 32.2. The van der Waals surface area contributed by atoms with Crippen LogP contribution >= 0.6 is 11.8 Å². The zero-order valence-electron chi connectivity index (χ0n) is 7.95. The zero-order chi connectivity index (χ0) is 9.54. The molecular weight excluding hydrogens is 190 g/mol. The van der Waals surface area contributed by atoms with E-state index in [9.17, 15) is 0 Å². The van der Waals surface area contributed by atoms with Crippen molar-refractivity contribution in [2.24, 2.45) is 0 Å². The molecule has 2 heteroatoms. The monoisotopic (exact) mass is 201 g/mol. The van der Waals surface area contributed by atoms with Crippen LogP contribution in [0, 0.1) is 0 Å². The summed E-state index contributed by atoms with van der Waals surface area (Å²) < 4.78 is 0. The van der Waals surface area contributed by atoms with Gasteiger partial charge in [-0.1, -0.05) is 42.1 Å². The fourth-order valence-corrected chi connectivity index (χ4v) is 2.91. The van der Waals surface area contributed by atoms with Gasteiger partial charge in [-0.3, -0.25) is 0 Å². The molecule has 1 unspecified atom stereocenters.